The molecule has 0 saturated heterocycles. The van der Waals surface area contributed by atoms with Crippen LogP contribution < -0.4 is 15.5 Å². The van der Waals surface area contributed by atoms with E-state index in [2.05, 4.69) is 16.7 Å². The van der Waals surface area contributed by atoms with Gasteiger partial charge in [0.25, 0.3) is 0 Å². The Morgan fingerprint density at radius 3 is 2.45 bits per heavy atom. The van der Waals surface area contributed by atoms with Crippen LogP contribution in [-0.2, 0) is 24.1 Å². The molecule has 3 aromatic rings. The van der Waals surface area contributed by atoms with Crippen LogP contribution in [-0.4, -0.2) is 24.5 Å². The zero-order valence-electron chi connectivity index (χ0n) is 17.7. The Kier molecular flexibility index (Phi) is 6.32. The number of rotatable bonds is 6. The average molecular weight is 414 g/mol. The van der Waals surface area contributed by atoms with Gasteiger partial charge in [-0.25, -0.2) is 4.79 Å². The number of para-hydroxylation sites is 2. The van der Waals surface area contributed by atoms with E-state index in [0.29, 0.717) is 13.0 Å². The molecular formula is C26H27N3O2. The number of hydrogen-bond acceptors (Lipinski definition) is 2. The maximum absolute atomic E-state index is 13.5. The van der Waals surface area contributed by atoms with Crippen LogP contribution in [0.3, 0.4) is 0 Å². The van der Waals surface area contributed by atoms with Crippen molar-refractivity contribution >= 4 is 23.3 Å². The lowest BCUT2D eigenvalue weighted by Crippen LogP contribution is -2.50. The number of nitrogens with one attached hydrogen (secondary N) is 2. The summed E-state index contributed by atoms with van der Waals surface area (Å²) in [6.45, 7) is 2.68. The van der Waals surface area contributed by atoms with Gasteiger partial charge in [0.2, 0.25) is 5.91 Å². The molecule has 1 aliphatic rings. The van der Waals surface area contributed by atoms with Crippen LogP contribution in [0, 0.1) is 0 Å². The third-order valence-corrected chi connectivity index (χ3v) is 5.69. The van der Waals surface area contributed by atoms with E-state index < -0.39 is 6.04 Å². The molecule has 0 aliphatic carbocycles. The van der Waals surface area contributed by atoms with E-state index in [1.807, 2.05) is 79.7 Å². The first-order chi connectivity index (χ1) is 15.2. The number of anilines is 2. The molecule has 5 nitrogen and oxygen atoms in total. The van der Waals surface area contributed by atoms with Gasteiger partial charge in [-0.3, -0.25) is 4.79 Å². The van der Waals surface area contributed by atoms with Gasteiger partial charge in [-0.2, -0.15) is 0 Å². The summed E-state index contributed by atoms with van der Waals surface area (Å²) in [6.07, 6.45) is 2.07. The van der Waals surface area contributed by atoms with Crippen molar-refractivity contribution in [2.24, 2.45) is 0 Å². The number of aryl methyl sites for hydroxylation is 1. The smallest absolute Gasteiger partial charge is 0.319 e. The van der Waals surface area contributed by atoms with Crippen molar-refractivity contribution in [2.75, 3.05) is 16.8 Å². The number of nitrogens with zero attached hydrogens (tertiary/aromatic N) is 1. The van der Waals surface area contributed by atoms with Gasteiger partial charge in [0.15, 0.2) is 0 Å². The first-order valence-corrected chi connectivity index (χ1v) is 10.7. The van der Waals surface area contributed by atoms with E-state index in [1.54, 1.807) is 4.90 Å². The predicted molar refractivity (Wildman–Crippen MR) is 124 cm³/mol. The molecule has 31 heavy (non-hydrogen) atoms. The maximum atomic E-state index is 13.5. The zero-order chi connectivity index (χ0) is 21.6. The lowest BCUT2D eigenvalue weighted by molar-refractivity contribution is -0.120. The molecule has 3 amide bonds. The lowest BCUT2D eigenvalue weighted by atomic mass is 10.0. The number of amides is 3. The summed E-state index contributed by atoms with van der Waals surface area (Å²) in [7, 11) is 0. The number of benzene rings is 3. The quantitative estimate of drug-likeness (QED) is 0.622. The minimum atomic E-state index is -0.664. The summed E-state index contributed by atoms with van der Waals surface area (Å²) in [5, 5.41) is 5.85. The summed E-state index contributed by atoms with van der Waals surface area (Å²) in [5.41, 5.74) is 4.92. The molecule has 0 radical (unpaired) electrons. The van der Waals surface area contributed by atoms with Gasteiger partial charge in [0.05, 0.1) is 0 Å². The Balaban J connectivity index is 1.54. The number of fused-ring (bicyclic) bond motifs is 1. The highest BCUT2D eigenvalue weighted by Gasteiger charge is 2.31. The molecule has 2 N–H and O–H groups in total. The second-order valence-electron chi connectivity index (χ2n) is 7.72. The minimum Gasteiger partial charge on any atom is -0.326 e. The van der Waals surface area contributed by atoms with Gasteiger partial charge in [-0.15, -0.1) is 0 Å². The van der Waals surface area contributed by atoms with Crippen LogP contribution in [0.2, 0.25) is 0 Å². The van der Waals surface area contributed by atoms with Crippen LogP contribution in [0.25, 0.3) is 0 Å². The summed E-state index contributed by atoms with van der Waals surface area (Å²) in [6, 6.07) is 24.4. The van der Waals surface area contributed by atoms with Gasteiger partial charge in [-0.1, -0.05) is 73.7 Å². The molecule has 1 aliphatic heterocycles. The fourth-order valence-corrected chi connectivity index (χ4v) is 4.07. The summed E-state index contributed by atoms with van der Waals surface area (Å²) < 4.78 is 0. The van der Waals surface area contributed by atoms with E-state index >= 15 is 0 Å². The van der Waals surface area contributed by atoms with E-state index in [1.165, 1.54) is 0 Å². The van der Waals surface area contributed by atoms with Crippen LogP contribution in [0.1, 0.15) is 23.6 Å². The van der Waals surface area contributed by atoms with Crippen molar-refractivity contribution in [1.29, 1.82) is 0 Å². The first kappa shape index (κ1) is 20.7. The largest absolute Gasteiger partial charge is 0.326 e. The predicted octanol–water partition coefficient (Wildman–Crippen LogP) is 4.57. The Hall–Kier alpha value is -3.60. The molecule has 0 fully saturated rings. The number of hydrogen-bond donors (Lipinski definition) is 2. The van der Waals surface area contributed by atoms with E-state index in [-0.39, 0.29) is 11.9 Å². The molecule has 1 atom stereocenters. The number of urea groups is 1. The molecule has 5 heteroatoms. The molecule has 3 aromatic carbocycles. The average Bonchev–Trinajstić information content (AvgIpc) is 3.23. The summed E-state index contributed by atoms with van der Waals surface area (Å²) in [5.74, 6) is -0.0901. The molecule has 0 unspecified atom stereocenters. The van der Waals surface area contributed by atoms with Gasteiger partial charge >= 0.3 is 6.03 Å². The third-order valence-electron chi connectivity index (χ3n) is 5.69. The van der Waals surface area contributed by atoms with Gasteiger partial charge in [-0.05, 0) is 41.7 Å². The van der Waals surface area contributed by atoms with Gasteiger partial charge in [0, 0.05) is 24.3 Å². The standard InChI is InChI=1S/C26H27N3O2/c1-2-20-12-6-8-14-22(20)27-26(31)28-23(18-19-10-4-3-5-11-19)25(30)29-17-16-21-13-7-9-15-24(21)29/h3-15,23H,2,16-18H2,1H3,(H2,27,28,31)/t23-/m1/s1. The van der Waals surface area contributed by atoms with Crippen molar-refractivity contribution in [3.8, 4) is 0 Å². The van der Waals surface area contributed by atoms with Crippen molar-refractivity contribution in [3.05, 3.63) is 95.6 Å². The highest BCUT2D eigenvalue weighted by molar-refractivity contribution is 6.02. The summed E-state index contributed by atoms with van der Waals surface area (Å²) >= 11 is 0. The fraction of sp³-hybridized carbons (Fsp3) is 0.231. The zero-order valence-corrected chi connectivity index (χ0v) is 17.7. The normalized spacial score (nSPS) is 13.4. The molecule has 0 spiro atoms. The second-order valence-corrected chi connectivity index (χ2v) is 7.72. The number of carbonyl (C=O) groups excluding carboxylic acids is 2. The van der Waals surface area contributed by atoms with Crippen molar-refractivity contribution in [1.82, 2.24) is 5.32 Å². The SMILES string of the molecule is CCc1ccccc1NC(=O)N[C@H](Cc1ccccc1)C(=O)N1CCc2ccccc21. The van der Waals surface area contributed by atoms with Crippen LogP contribution in [0.5, 0.6) is 0 Å². The monoisotopic (exact) mass is 413 g/mol. The molecular weight excluding hydrogens is 386 g/mol. The molecule has 0 saturated carbocycles. The molecule has 1 heterocycles. The summed E-state index contributed by atoms with van der Waals surface area (Å²) in [4.78, 5) is 28.2. The van der Waals surface area contributed by atoms with Gasteiger partial charge < -0.3 is 15.5 Å². The Labute approximate surface area is 183 Å². The lowest BCUT2D eigenvalue weighted by Gasteiger charge is -2.25. The maximum Gasteiger partial charge on any atom is 0.319 e. The molecule has 4 rings (SSSR count). The third kappa shape index (κ3) is 4.77. The van der Waals surface area contributed by atoms with Crippen molar-refractivity contribution < 1.29 is 9.59 Å². The van der Waals surface area contributed by atoms with E-state index in [9.17, 15) is 9.59 Å². The fourth-order valence-electron chi connectivity index (χ4n) is 4.07. The minimum absolute atomic E-state index is 0.0901. The second kappa shape index (κ2) is 9.47. The Morgan fingerprint density at radius 1 is 0.935 bits per heavy atom. The molecule has 0 aromatic heterocycles. The van der Waals surface area contributed by atoms with Crippen LogP contribution >= 0.6 is 0 Å². The van der Waals surface area contributed by atoms with E-state index in [0.717, 1.165) is 40.9 Å². The number of carbonyl (C=O) groups is 2. The highest BCUT2D eigenvalue weighted by Crippen LogP contribution is 2.28. The first-order valence-electron chi connectivity index (χ1n) is 10.7. The highest BCUT2D eigenvalue weighted by atomic mass is 16.2. The topological polar surface area (TPSA) is 61.4 Å². The van der Waals surface area contributed by atoms with Crippen molar-refractivity contribution in [2.45, 2.75) is 32.2 Å². The van der Waals surface area contributed by atoms with E-state index in [4.69, 9.17) is 0 Å². The van der Waals surface area contributed by atoms with Gasteiger partial charge in [0.1, 0.15) is 6.04 Å². The van der Waals surface area contributed by atoms with Crippen molar-refractivity contribution in [3.63, 3.8) is 0 Å². The molecule has 158 valence electrons. The van der Waals surface area contributed by atoms with Crippen LogP contribution in [0.4, 0.5) is 16.2 Å². The van der Waals surface area contributed by atoms with Crippen LogP contribution in [0.15, 0.2) is 78.9 Å². The Morgan fingerprint density at radius 2 is 1.65 bits per heavy atom. The molecule has 0 bridgehead atoms. The Bertz CT molecular complexity index is 1070.